The molecule has 0 saturated carbocycles. The van der Waals surface area contributed by atoms with E-state index in [0.717, 1.165) is 14.2 Å². The minimum atomic E-state index is -0.765. The fraction of sp³-hybridized carbons (Fsp3) is 0.667. The monoisotopic (exact) mass is 318 g/mol. The third-order valence-corrected chi connectivity index (χ3v) is 6.01. The summed E-state index contributed by atoms with van der Waals surface area (Å²) in [5.74, 6) is -0.0710. The zero-order chi connectivity index (χ0) is 16.5. The first-order chi connectivity index (χ1) is 9.32. The molecule has 0 unspecified atom stereocenters. The van der Waals surface area contributed by atoms with Crippen LogP contribution >= 0.6 is 0 Å². The minimum absolute atomic E-state index is 0.0710. The van der Waals surface area contributed by atoms with Crippen LogP contribution in [-0.2, 0) is 27.7 Å². The van der Waals surface area contributed by atoms with Crippen molar-refractivity contribution in [3.63, 3.8) is 0 Å². The number of allylic oxidation sites excluding steroid dienone is 4. The molecule has 0 radical (unpaired) electrons. The van der Waals surface area contributed by atoms with Crippen LogP contribution in [-0.4, -0.2) is 20.2 Å². The van der Waals surface area contributed by atoms with Crippen molar-refractivity contribution in [2.24, 2.45) is 5.41 Å². The van der Waals surface area contributed by atoms with Gasteiger partial charge in [0.1, 0.15) is 0 Å². The van der Waals surface area contributed by atoms with Crippen molar-refractivity contribution in [2.75, 3.05) is 14.2 Å². The molecule has 0 heterocycles. The molecule has 0 atom stereocenters. The van der Waals surface area contributed by atoms with E-state index in [1.165, 1.54) is 20.6 Å². The van der Waals surface area contributed by atoms with Crippen molar-refractivity contribution in [3.8, 4) is 0 Å². The number of carbonyl (C=O) groups is 1. The maximum absolute atomic E-state index is 11.2. The molecule has 0 bridgehead atoms. The zero-order valence-corrected chi connectivity index (χ0v) is 15.4. The largest absolute Gasteiger partial charge is 0.857 e. The van der Waals surface area contributed by atoms with Gasteiger partial charge in [0.15, 0.2) is 0 Å². The van der Waals surface area contributed by atoms with Gasteiger partial charge in [-0.25, -0.2) is 0 Å². The second kappa shape index (κ2) is 10.3. The third kappa shape index (κ3) is 5.17. The Hall–Kier alpha value is -0.416. The molecular formula is C15H26O4Ti. The summed E-state index contributed by atoms with van der Waals surface area (Å²) in [6.07, 6.45) is 0.474. The molecule has 0 amide bonds. The zero-order valence-electron chi connectivity index (χ0n) is 13.8. The summed E-state index contributed by atoms with van der Waals surface area (Å²) in [4.78, 5) is 11.2. The van der Waals surface area contributed by atoms with Crippen LogP contribution in [0.25, 0.3) is 0 Å². The third-order valence-electron chi connectivity index (χ3n) is 3.62. The standard InChI is InChI=1S/C10H15.C3H6O2.2CH3O.Ti/c1-7-6-10(4,5)9(3)8(7)2;1-2-3(4)5;2*1-2;/h1-5H3;2H2,1H3,(H,4,5);2*1H3;/q;;2*-1;+3/p-1. The molecule has 4 nitrogen and oxygen atoms in total. The van der Waals surface area contributed by atoms with E-state index in [4.69, 9.17) is 13.5 Å². The molecule has 0 spiro atoms. The first-order valence-electron chi connectivity index (χ1n) is 6.49. The second-order valence-corrected chi connectivity index (χ2v) is 6.22. The van der Waals surface area contributed by atoms with Crippen molar-refractivity contribution in [2.45, 2.75) is 48.0 Å². The Labute approximate surface area is 132 Å². The van der Waals surface area contributed by atoms with Crippen LogP contribution < -0.4 is 10.2 Å². The second-order valence-electron chi connectivity index (χ2n) is 4.80. The van der Waals surface area contributed by atoms with Gasteiger partial charge in [0.2, 0.25) is 0 Å². The number of hydrogen-bond acceptors (Lipinski definition) is 4. The SMILES string of the molecule is CCC(=O)[O][Ti+2][C]1=C(C)C(C)=C(C)C1(C)C.C[O-].C[O-]. The topological polar surface area (TPSA) is 72.4 Å². The van der Waals surface area contributed by atoms with Crippen LogP contribution in [0.1, 0.15) is 48.0 Å². The molecule has 5 heteroatoms. The molecule has 0 fully saturated rings. The van der Waals surface area contributed by atoms with Gasteiger partial charge in [0.25, 0.3) is 0 Å². The average Bonchev–Trinajstić information content (AvgIpc) is 2.62. The minimum Gasteiger partial charge on any atom is -0.857 e. The normalized spacial score (nSPS) is 15.7. The van der Waals surface area contributed by atoms with Crippen LogP contribution in [0.2, 0.25) is 0 Å². The predicted octanol–water partition coefficient (Wildman–Crippen LogP) is 1.54. The smallest absolute Gasteiger partial charge is 0.153 e. The molecule has 1 aliphatic rings. The van der Waals surface area contributed by atoms with Gasteiger partial charge >= 0.3 is 108 Å². The summed E-state index contributed by atoms with van der Waals surface area (Å²) >= 11 is -0.765. The summed E-state index contributed by atoms with van der Waals surface area (Å²) in [5.41, 5.74) is 4.21. The molecule has 1 aliphatic carbocycles. The van der Waals surface area contributed by atoms with Crippen LogP contribution in [0.15, 0.2) is 20.6 Å². The van der Waals surface area contributed by atoms with Crippen molar-refractivity contribution >= 4 is 5.97 Å². The van der Waals surface area contributed by atoms with Crippen LogP contribution in [0.3, 0.4) is 0 Å². The van der Waals surface area contributed by atoms with E-state index in [-0.39, 0.29) is 11.4 Å². The van der Waals surface area contributed by atoms with Crippen molar-refractivity contribution in [1.82, 2.24) is 0 Å². The van der Waals surface area contributed by atoms with E-state index in [9.17, 15) is 4.79 Å². The van der Waals surface area contributed by atoms with Gasteiger partial charge in [0, 0.05) is 0 Å². The summed E-state index contributed by atoms with van der Waals surface area (Å²) < 4.78 is 6.74. The van der Waals surface area contributed by atoms with E-state index >= 15 is 0 Å². The Morgan fingerprint density at radius 3 is 1.85 bits per heavy atom. The molecular weight excluding hydrogens is 292 g/mol. The fourth-order valence-corrected chi connectivity index (χ4v) is 3.76. The molecule has 1 rings (SSSR count). The van der Waals surface area contributed by atoms with Crippen molar-refractivity contribution in [1.29, 1.82) is 0 Å². The Kier molecular flexibility index (Phi) is 11.3. The van der Waals surface area contributed by atoms with Gasteiger partial charge in [-0.3, -0.25) is 0 Å². The fourth-order valence-electron chi connectivity index (χ4n) is 1.98. The first kappa shape index (κ1) is 21.9. The van der Waals surface area contributed by atoms with Crippen LogP contribution in [0, 0.1) is 5.41 Å². The predicted molar refractivity (Wildman–Crippen MR) is 73.1 cm³/mol. The maximum atomic E-state index is 11.2. The molecule has 0 N–H and O–H groups in total. The van der Waals surface area contributed by atoms with Gasteiger partial charge in [-0.2, -0.15) is 14.2 Å². The molecule has 0 aliphatic heterocycles. The van der Waals surface area contributed by atoms with E-state index in [1.54, 1.807) is 0 Å². The molecule has 114 valence electrons. The number of carbonyl (C=O) groups excluding carboxylic acids is 1. The number of hydrogen-bond donors (Lipinski definition) is 0. The van der Waals surface area contributed by atoms with Crippen LogP contribution in [0.5, 0.6) is 0 Å². The van der Waals surface area contributed by atoms with Gasteiger partial charge < -0.3 is 10.2 Å². The Morgan fingerprint density at radius 2 is 1.55 bits per heavy atom. The average molecular weight is 318 g/mol. The van der Waals surface area contributed by atoms with E-state index in [1.807, 2.05) is 6.92 Å². The first-order valence-corrected chi connectivity index (χ1v) is 7.91. The molecule has 20 heavy (non-hydrogen) atoms. The van der Waals surface area contributed by atoms with E-state index in [2.05, 4.69) is 34.6 Å². The van der Waals surface area contributed by atoms with Crippen LogP contribution in [0.4, 0.5) is 0 Å². The molecule has 0 saturated heterocycles. The Bertz CT molecular complexity index is 381. The Morgan fingerprint density at radius 1 is 1.10 bits per heavy atom. The summed E-state index contributed by atoms with van der Waals surface area (Å²) in [6.45, 7) is 12.8. The maximum Gasteiger partial charge on any atom is -0.153 e. The Balaban J connectivity index is 0. The molecule has 0 aromatic heterocycles. The van der Waals surface area contributed by atoms with Crippen molar-refractivity contribution < 1.29 is 37.9 Å². The molecule has 0 aromatic rings. The van der Waals surface area contributed by atoms with E-state index in [0.29, 0.717) is 6.42 Å². The van der Waals surface area contributed by atoms with Gasteiger partial charge in [-0.15, -0.1) is 0 Å². The quantitative estimate of drug-likeness (QED) is 0.740. The summed E-state index contributed by atoms with van der Waals surface area (Å²) in [5, 5.41) is 16.5. The number of rotatable bonds is 3. The summed E-state index contributed by atoms with van der Waals surface area (Å²) in [6, 6.07) is 0. The van der Waals surface area contributed by atoms with Gasteiger partial charge in [-0.05, 0) is 0 Å². The summed E-state index contributed by atoms with van der Waals surface area (Å²) in [7, 11) is 1.50. The van der Waals surface area contributed by atoms with Gasteiger partial charge in [-0.1, -0.05) is 0 Å². The van der Waals surface area contributed by atoms with Gasteiger partial charge in [0.05, 0.1) is 0 Å². The van der Waals surface area contributed by atoms with Crippen molar-refractivity contribution in [3.05, 3.63) is 20.6 Å². The molecule has 0 aromatic carbocycles. The van der Waals surface area contributed by atoms with E-state index < -0.39 is 19.5 Å².